The lowest BCUT2D eigenvalue weighted by molar-refractivity contribution is -0.144. The highest BCUT2D eigenvalue weighted by molar-refractivity contribution is 7.92. The van der Waals surface area contributed by atoms with Crippen LogP contribution < -0.4 is 10.0 Å². The Kier molecular flexibility index (Phi) is 6.37. The number of carbonyl (C=O) groups excluding carboxylic acids is 1. The number of aromatic nitrogens is 1. The molecule has 0 aliphatic heterocycles. The van der Waals surface area contributed by atoms with Crippen molar-refractivity contribution in [1.29, 1.82) is 0 Å². The standard InChI is InChI=1S/C22H35N3O5S2/c1-21-9-8-17(27)22(2,12-26)16(21)11-15-19(24-20(31-15)25-32(3,29)30)14(21)10-18(28)23-13-6-4-5-7-13/h13-14,16-17,26-27H,4-12H2,1-3H3,(H,23,28)(H,24,25)/t14-,16+,17-,21+,22+/m1/s1. The summed E-state index contributed by atoms with van der Waals surface area (Å²) in [5.74, 6) is -0.258. The van der Waals surface area contributed by atoms with Gasteiger partial charge in [-0.05, 0) is 43.4 Å². The first kappa shape index (κ1) is 23.9. The molecule has 10 heteroatoms. The Hall–Kier alpha value is -1.23. The second-order valence-corrected chi connectivity index (χ2v) is 13.3. The third-order valence-electron chi connectivity index (χ3n) is 8.28. The molecule has 1 heterocycles. The summed E-state index contributed by atoms with van der Waals surface area (Å²) in [6.07, 6.45) is 6.92. The molecule has 1 aromatic rings. The lowest BCUT2D eigenvalue weighted by atomic mass is 9.47. The summed E-state index contributed by atoms with van der Waals surface area (Å²) < 4.78 is 26.1. The number of rotatable bonds is 6. The van der Waals surface area contributed by atoms with Gasteiger partial charge in [0.05, 0.1) is 24.7 Å². The molecule has 5 atom stereocenters. The zero-order valence-electron chi connectivity index (χ0n) is 19.1. The van der Waals surface area contributed by atoms with Crippen molar-refractivity contribution in [3.05, 3.63) is 10.6 Å². The first-order valence-electron chi connectivity index (χ1n) is 11.5. The van der Waals surface area contributed by atoms with Gasteiger partial charge in [-0.25, -0.2) is 13.4 Å². The van der Waals surface area contributed by atoms with Crippen LogP contribution >= 0.6 is 11.3 Å². The van der Waals surface area contributed by atoms with Gasteiger partial charge < -0.3 is 15.5 Å². The molecule has 4 rings (SSSR count). The molecule has 180 valence electrons. The predicted molar refractivity (Wildman–Crippen MR) is 124 cm³/mol. The lowest BCUT2D eigenvalue weighted by Gasteiger charge is -2.58. The summed E-state index contributed by atoms with van der Waals surface area (Å²) >= 11 is 1.30. The molecular formula is C22H35N3O5S2. The molecule has 4 N–H and O–H groups in total. The van der Waals surface area contributed by atoms with Gasteiger partial charge in [0, 0.05) is 28.7 Å². The number of hydrogen-bond acceptors (Lipinski definition) is 7. The molecule has 0 unspecified atom stereocenters. The lowest BCUT2D eigenvalue weighted by Crippen LogP contribution is -2.57. The maximum Gasteiger partial charge on any atom is 0.231 e. The Morgan fingerprint density at radius 2 is 1.94 bits per heavy atom. The number of amides is 1. The second kappa shape index (κ2) is 8.52. The first-order chi connectivity index (χ1) is 15.0. The quantitative estimate of drug-likeness (QED) is 0.490. The highest BCUT2D eigenvalue weighted by Crippen LogP contribution is 2.62. The topological polar surface area (TPSA) is 129 Å². The molecular weight excluding hydrogens is 450 g/mol. The fraction of sp³-hybridized carbons (Fsp3) is 0.818. The summed E-state index contributed by atoms with van der Waals surface area (Å²) in [7, 11) is -3.47. The van der Waals surface area contributed by atoms with Crippen LogP contribution in [0, 0.1) is 16.7 Å². The Morgan fingerprint density at radius 3 is 2.56 bits per heavy atom. The van der Waals surface area contributed by atoms with Crippen LogP contribution in [0.3, 0.4) is 0 Å². The van der Waals surface area contributed by atoms with Crippen molar-refractivity contribution >= 4 is 32.4 Å². The number of thiazole rings is 1. The molecule has 1 aromatic heterocycles. The molecule has 8 nitrogen and oxygen atoms in total. The van der Waals surface area contributed by atoms with E-state index in [0.29, 0.717) is 18.0 Å². The van der Waals surface area contributed by atoms with E-state index >= 15 is 0 Å². The Morgan fingerprint density at radius 1 is 1.25 bits per heavy atom. The maximum absolute atomic E-state index is 13.1. The maximum atomic E-state index is 13.1. The van der Waals surface area contributed by atoms with Crippen LogP contribution in [-0.2, 0) is 21.2 Å². The summed E-state index contributed by atoms with van der Waals surface area (Å²) in [5, 5.41) is 24.6. The number of nitrogens with zero attached hydrogens (tertiary/aromatic N) is 1. The minimum absolute atomic E-state index is 0.00262. The summed E-state index contributed by atoms with van der Waals surface area (Å²) in [6.45, 7) is 3.94. The van der Waals surface area contributed by atoms with E-state index in [2.05, 4.69) is 21.9 Å². The van der Waals surface area contributed by atoms with Gasteiger partial charge in [-0.3, -0.25) is 9.52 Å². The van der Waals surface area contributed by atoms with Crippen LogP contribution in [-0.4, -0.2) is 54.5 Å². The fourth-order valence-electron chi connectivity index (χ4n) is 6.39. The van der Waals surface area contributed by atoms with Gasteiger partial charge in [-0.2, -0.15) is 0 Å². The van der Waals surface area contributed by atoms with E-state index in [-0.39, 0.29) is 42.2 Å². The van der Waals surface area contributed by atoms with Crippen LogP contribution in [0.1, 0.15) is 75.3 Å². The Balaban J connectivity index is 1.71. The van der Waals surface area contributed by atoms with Crippen molar-refractivity contribution in [2.75, 3.05) is 17.6 Å². The highest BCUT2D eigenvalue weighted by Gasteiger charge is 2.59. The summed E-state index contributed by atoms with van der Waals surface area (Å²) in [6, 6.07) is 0.225. The highest BCUT2D eigenvalue weighted by atomic mass is 32.2. The van der Waals surface area contributed by atoms with E-state index in [1.165, 1.54) is 11.3 Å². The molecule has 0 bridgehead atoms. The largest absolute Gasteiger partial charge is 0.396 e. The zero-order valence-corrected chi connectivity index (χ0v) is 20.7. The number of hydrogen-bond donors (Lipinski definition) is 4. The molecule has 2 saturated carbocycles. The molecule has 0 saturated heterocycles. The average molecular weight is 486 g/mol. The number of aliphatic hydroxyl groups is 2. The van der Waals surface area contributed by atoms with Gasteiger partial charge in [0.1, 0.15) is 0 Å². The number of aliphatic hydroxyl groups excluding tert-OH is 2. The SMILES string of the molecule is C[C@]1(CO)[C@H]2Cc3sc(NS(C)(=O)=O)nc3[C@@H](CC(=O)NC3CCCC3)[C@]2(C)CC[C@H]1O. The van der Waals surface area contributed by atoms with E-state index in [4.69, 9.17) is 0 Å². The molecule has 0 radical (unpaired) electrons. The third kappa shape index (κ3) is 4.31. The van der Waals surface area contributed by atoms with Crippen molar-refractivity contribution in [1.82, 2.24) is 10.3 Å². The molecule has 0 aromatic carbocycles. The summed E-state index contributed by atoms with van der Waals surface area (Å²) in [5.41, 5.74) is -0.245. The molecule has 32 heavy (non-hydrogen) atoms. The van der Waals surface area contributed by atoms with Crippen molar-refractivity contribution in [3.63, 3.8) is 0 Å². The van der Waals surface area contributed by atoms with Crippen molar-refractivity contribution in [3.8, 4) is 0 Å². The number of fused-ring (bicyclic) bond motifs is 2. The van der Waals surface area contributed by atoms with Crippen LogP contribution in [0.25, 0.3) is 0 Å². The predicted octanol–water partition coefficient (Wildman–Crippen LogP) is 2.38. The van der Waals surface area contributed by atoms with E-state index < -0.39 is 21.5 Å². The van der Waals surface area contributed by atoms with Crippen LogP contribution in [0.15, 0.2) is 0 Å². The second-order valence-electron chi connectivity index (χ2n) is 10.5. The van der Waals surface area contributed by atoms with Crippen LogP contribution in [0.2, 0.25) is 0 Å². The summed E-state index contributed by atoms with van der Waals surface area (Å²) in [4.78, 5) is 18.7. The zero-order chi connectivity index (χ0) is 23.3. The van der Waals surface area contributed by atoms with Crippen molar-refractivity contribution in [2.45, 2.75) is 83.3 Å². The number of nitrogens with one attached hydrogen (secondary N) is 2. The molecule has 0 spiro atoms. The Labute approximate surface area is 194 Å². The monoisotopic (exact) mass is 485 g/mol. The normalized spacial score (nSPS) is 35.2. The molecule has 3 aliphatic rings. The number of anilines is 1. The van der Waals surface area contributed by atoms with Gasteiger partial charge in [0.15, 0.2) is 5.13 Å². The van der Waals surface area contributed by atoms with E-state index in [9.17, 15) is 23.4 Å². The van der Waals surface area contributed by atoms with E-state index in [0.717, 1.165) is 48.9 Å². The minimum Gasteiger partial charge on any atom is -0.396 e. The number of carbonyl (C=O) groups is 1. The molecule has 3 aliphatic carbocycles. The third-order valence-corrected chi connectivity index (χ3v) is 9.98. The van der Waals surface area contributed by atoms with E-state index in [1.807, 2.05) is 6.92 Å². The van der Waals surface area contributed by atoms with Crippen molar-refractivity contribution in [2.24, 2.45) is 16.7 Å². The average Bonchev–Trinajstić information content (AvgIpc) is 3.34. The van der Waals surface area contributed by atoms with Crippen LogP contribution in [0.5, 0.6) is 0 Å². The Bertz CT molecular complexity index is 974. The fourth-order valence-corrected chi connectivity index (χ4v) is 8.29. The van der Waals surface area contributed by atoms with Crippen molar-refractivity contribution < 1.29 is 23.4 Å². The smallest absolute Gasteiger partial charge is 0.231 e. The van der Waals surface area contributed by atoms with Gasteiger partial charge in [-0.1, -0.05) is 26.7 Å². The van der Waals surface area contributed by atoms with Gasteiger partial charge >= 0.3 is 0 Å². The van der Waals surface area contributed by atoms with E-state index in [1.54, 1.807) is 0 Å². The minimum atomic E-state index is -3.47. The molecule has 2 fully saturated rings. The number of sulfonamides is 1. The van der Waals surface area contributed by atoms with Gasteiger partial charge in [-0.15, -0.1) is 11.3 Å². The van der Waals surface area contributed by atoms with Crippen LogP contribution in [0.4, 0.5) is 5.13 Å². The van der Waals surface area contributed by atoms with Gasteiger partial charge in [0.25, 0.3) is 0 Å². The van der Waals surface area contributed by atoms with Gasteiger partial charge in [0.2, 0.25) is 15.9 Å². The molecule has 1 amide bonds. The first-order valence-corrected chi connectivity index (χ1v) is 14.2.